The van der Waals surface area contributed by atoms with Crippen LogP contribution in [0.3, 0.4) is 0 Å². The average molecular weight is 410 g/mol. The maximum absolute atomic E-state index is 12.8. The molecule has 0 aliphatic carbocycles. The molecule has 0 bridgehead atoms. The quantitative estimate of drug-likeness (QED) is 0.608. The Morgan fingerprint density at radius 1 is 0.931 bits per heavy atom. The maximum atomic E-state index is 12.8. The highest BCUT2D eigenvalue weighted by molar-refractivity contribution is 7.92. The lowest BCUT2D eigenvalue weighted by Crippen LogP contribution is -2.16. The van der Waals surface area contributed by atoms with Crippen LogP contribution in [0.4, 0.5) is 11.4 Å². The number of ether oxygens (including phenoxy) is 1. The van der Waals surface area contributed by atoms with Crippen LogP contribution in [-0.2, 0) is 16.4 Å². The minimum Gasteiger partial charge on any atom is -0.495 e. The molecule has 0 aromatic heterocycles. The van der Waals surface area contributed by atoms with E-state index in [1.807, 2.05) is 31.2 Å². The lowest BCUT2D eigenvalue weighted by molar-refractivity contribution is 0.102. The van der Waals surface area contributed by atoms with E-state index >= 15 is 0 Å². The Hall–Kier alpha value is -3.32. The van der Waals surface area contributed by atoms with Crippen molar-refractivity contribution in [1.29, 1.82) is 0 Å². The van der Waals surface area contributed by atoms with Gasteiger partial charge in [0.25, 0.3) is 15.9 Å². The number of para-hydroxylation sites is 3. The van der Waals surface area contributed by atoms with Crippen LogP contribution in [0.1, 0.15) is 22.8 Å². The fraction of sp³-hybridized carbons (Fsp3) is 0.136. The number of sulfonamides is 1. The number of hydrogen-bond donors (Lipinski definition) is 2. The standard InChI is InChI=1S/C22H22N2O4S/c1-3-16-9-4-5-12-19(16)23-22(25)17-10-8-11-18(15-17)29(26,27)24-20-13-6-7-14-21(20)28-2/h4-15,24H,3H2,1-2H3,(H,23,25). The molecule has 1 amide bonds. The molecule has 0 atom stereocenters. The van der Waals surface area contributed by atoms with E-state index in [-0.39, 0.29) is 16.4 Å². The van der Waals surface area contributed by atoms with Crippen LogP contribution in [0, 0.1) is 0 Å². The summed E-state index contributed by atoms with van der Waals surface area (Å²) in [5.41, 5.74) is 2.28. The summed E-state index contributed by atoms with van der Waals surface area (Å²) in [7, 11) is -2.43. The van der Waals surface area contributed by atoms with Crippen LogP contribution >= 0.6 is 0 Å². The van der Waals surface area contributed by atoms with Crippen molar-refractivity contribution in [3.8, 4) is 5.75 Å². The summed E-state index contributed by atoms with van der Waals surface area (Å²) in [6.45, 7) is 2.00. The first-order valence-corrected chi connectivity index (χ1v) is 10.6. The fourth-order valence-corrected chi connectivity index (χ4v) is 4.00. The summed E-state index contributed by atoms with van der Waals surface area (Å²) in [5.74, 6) is 0.0291. The number of nitrogens with one attached hydrogen (secondary N) is 2. The molecule has 3 aromatic carbocycles. The van der Waals surface area contributed by atoms with Crippen molar-refractivity contribution in [3.05, 3.63) is 83.9 Å². The predicted octanol–water partition coefficient (Wildman–Crippen LogP) is 4.31. The third-order valence-electron chi connectivity index (χ3n) is 4.40. The molecule has 0 spiro atoms. The van der Waals surface area contributed by atoms with Crippen LogP contribution in [-0.4, -0.2) is 21.4 Å². The highest BCUT2D eigenvalue weighted by Crippen LogP contribution is 2.26. The number of aryl methyl sites for hydroxylation is 1. The van der Waals surface area contributed by atoms with Gasteiger partial charge in [-0.3, -0.25) is 9.52 Å². The number of rotatable bonds is 7. The van der Waals surface area contributed by atoms with Gasteiger partial charge in [-0.2, -0.15) is 0 Å². The van der Waals surface area contributed by atoms with Gasteiger partial charge in [-0.1, -0.05) is 43.3 Å². The summed E-state index contributed by atoms with van der Waals surface area (Å²) in [4.78, 5) is 12.7. The molecule has 2 N–H and O–H groups in total. The molecule has 0 saturated heterocycles. The molecule has 150 valence electrons. The second kappa shape index (κ2) is 8.79. The Labute approximate surface area is 170 Å². The molecule has 0 saturated carbocycles. The summed E-state index contributed by atoms with van der Waals surface area (Å²) < 4.78 is 33.3. The van der Waals surface area contributed by atoms with Gasteiger partial charge in [-0.15, -0.1) is 0 Å². The maximum Gasteiger partial charge on any atom is 0.262 e. The molecule has 0 aliphatic rings. The first-order chi connectivity index (χ1) is 13.9. The van der Waals surface area contributed by atoms with Gasteiger partial charge >= 0.3 is 0 Å². The van der Waals surface area contributed by atoms with Crippen LogP contribution in [0.5, 0.6) is 5.75 Å². The third kappa shape index (κ3) is 4.75. The van der Waals surface area contributed by atoms with Crippen molar-refractivity contribution >= 4 is 27.3 Å². The Kier molecular flexibility index (Phi) is 6.19. The lowest BCUT2D eigenvalue weighted by atomic mass is 10.1. The van der Waals surface area contributed by atoms with Crippen molar-refractivity contribution in [2.75, 3.05) is 17.1 Å². The Balaban J connectivity index is 1.85. The number of hydrogen-bond acceptors (Lipinski definition) is 4. The smallest absolute Gasteiger partial charge is 0.262 e. The molecular formula is C22H22N2O4S. The first kappa shape index (κ1) is 20.4. The van der Waals surface area contributed by atoms with Crippen LogP contribution in [0.2, 0.25) is 0 Å². The number of benzene rings is 3. The monoisotopic (exact) mass is 410 g/mol. The number of amides is 1. The van der Waals surface area contributed by atoms with Crippen molar-refractivity contribution in [1.82, 2.24) is 0 Å². The zero-order valence-electron chi connectivity index (χ0n) is 16.2. The van der Waals surface area contributed by atoms with Gasteiger partial charge in [0.15, 0.2) is 0 Å². The van der Waals surface area contributed by atoms with E-state index < -0.39 is 10.0 Å². The van der Waals surface area contributed by atoms with E-state index in [0.29, 0.717) is 17.1 Å². The molecule has 3 aromatic rings. The summed E-state index contributed by atoms with van der Waals surface area (Å²) in [5, 5.41) is 2.85. The molecule has 6 nitrogen and oxygen atoms in total. The van der Waals surface area contributed by atoms with E-state index in [9.17, 15) is 13.2 Å². The third-order valence-corrected chi connectivity index (χ3v) is 5.77. The minimum atomic E-state index is -3.90. The second-order valence-corrected chi connectivity index (χ2v) is 7.98. The molecule has 0 fully saturated rings. The van der Waals surface area contributed by atoms with Crippen LogP contribution in [0.25, 0.3) is 0 Å². The van der Waals surface area contributed by atoms with E-state index in [1.165, 1.54) is 25.3 Å². The van der Waals surface area contributed by atoms with E-state index in [4.69, 9.17) is 4.74 Å². The van der Waals surface area contributed by atoms with E-state index in [2.05, 4.69) is 10.0 Å². The van der Waals surface area contributed by atoms with Crippen LogP contribution in [0.15, 0.2) is 77.7 Å². The highest BCUT2D eigenvalue weighted by Gasteiger charge is 2.18. The number of carbonyl (C=O) groups is 1. The SMILES string of the molecule is CCc1ccccc1NC(=O)c1cccc(S(=O)(=O)Nc2ccccc2OC)c1. The van der Waals surface area contributed by atoms with Crippen molar-refractivity contribution in [3.63, 3.8) is 0 Å². The summed E-state index contributed by atoms with van der Waals surface area (Å²) >= 11 is 0. The zero-order valence-corrected chi connectivity index (χ0v) is 17.0. The molecule has 7 heteroatoms. The summed E-state index contributed by atoms with van der Waals surface area (Å²) in [6, 6.07) is 20.1. The lowest BCUT2D eigenvalue weighted by Gasteiger charge is -2.13. The minimum absolute atomic E-state index is 0.0140. The number of anilines is 2. The van der Waals surface area contributed by atoms with Crippen LogP contribution < -0.4 is 14.8 Å². The van der Waals surface area contributed by atoms with Gasteiger partial charge in [0.2, 0.25) is 0 Å². The molecule has 0 unspecified atom stereocenters. The van der Waals surface area contributed by atoms with Gasteiger partial charge in [0, 0.05) is 11.3 Å². The summed E-state index contributed by atoms with van der Waals surface area (Å²) in [6.07, 6.45) is 0.772. The van der Waals surface area contributed by atoms with E-state index in [0.717, 1.165) is 12.0 Å². The van der Waals surface area contributed by atoms with E-state index in [1.54, 1.807) is 30.3 Å². The number of methoxy groups -OCH3 is 1. The molecule has 0 radical (unpaired) electrons. The van der Waals surface area contributed by atoms with Crippen molar-refractivity contribution in [2.45, 2.75) is 18.2 Å². The molecular weight excluding hydrogens is 388 g/mol. The van der Waals surface area contributed by atoms with Gasteiger partial charge in [0.05, 0.1) is 17.7 Å². The second-order valence-electron chi connectivity index (χ2n) is 6.30. The molecule has 3 rings (SSSR count). The largest absolute Gasteiger partial charge is 0.495 e. The average Bonchev–Trinajstić information content (AvgIpc) is 2.74. The highest BCUT2D eigenvalue weighted by atomic mass is 32.2. The van der Waals surface area contributed by atoms with Gasteiger partial charge in [-0.05, 0) is 48.4 Å². The first-order valence-electron chi connectivity index (χ1n) is 9.09. The predicted molar refractivity (Wildman–Crippen MR) is 114 cm³/mol. The number of carbonyl (C=O) groups excluding carboxylic acids is 1. The Morgan fingerprint density at radius 2 is 1.62 bits per heavy atom. The molecule has 0 aliphatic heterocycles. The Morgan fingerprint density at radius 3 is 2.34 bits per heavy atom. The van der Waals surface area contributed by atoms with Gasteiger partial charge in [0.1, 0.15) is 5.75 Å². The normalized spacial score (nSPS) is 11.0. The fourth-order valence-electron chi connectivity index (χ4n) is 2.88. The topological polar surface area (TPSA) is 84.5 Å². The molecule has 29 heavy (non-hydrogen) atoms. The Bertz CT molecular complexity index is 1130. The van der Waals surface area contributed by atoms with Gasteiger partial charge in [-0.25, -0.2) is 8.42 Å². The zero-order chi connectivity index (χ0) is 20.9. The molecule has 0 heterocycles. The van der Waals surface area contributed by atoms with Gasteiger partial charge < -0.3 is 10.1 Å². The van der Waals surface area contributed by atoms with Crippen molar-refractivity contribution < 1.29 is 17.9 Å². The van der Waals surface area contributed by atoms with Crippen molar-refractivity contribution in [2.24, 2.45) is 0 Å².